The van der Waals surface area contributed by atoms with Gasteiger partial charge >= 0.3 is 5.69 Å². The molecule has 1 N–H and O–H groups in total. The van der Waals surface area contributed by atoms with Crippen molar-refractivity contribution in [1.82, 2.24) is 0 Å². The largest absolute Gasteiger partial charge is 0.490 e. The molecule has 0 aliphatic carbocycles. The minimum absolute atomic E-state index is 0.128. The molecule has 22 heavy (non-hydrogen) atoms. The van der Waals surface area contributed by atoms with Crippen LogP contribution >= 0.6 is 0 Å². The van der Waals surface area contributed by atoms with Crippen LogP contribution in [0.25, 0.3) is 0 Å². The van der Waals surface area contributed by atoms with Crippen LogP contribution in [0.5, 0.6) is 11.5 Å². The number of benzene rings is 2. The third-order valence-corrected chi connectivity index (χ3v) is 2.77. The average molecular weight is 302 g/mol. The zero-order valence-electron chi connectivity index (χ0n) is 11.8. The molecule has 2 aromatic carbocycles. The Bertz CT molecular complexity index is 673. The van der Waals surface area contributed by atoms with E-state index in [1.54, 1.807) is 24.3 Å². The third-order valence-electron chi connectivity index (χ3n) is 2.77. The molecule has 2 aromatic rings. The lowest BCUT2D eigenvalue weighted by molar-refractivity contribution is -0.385. The van der Waals surface area contributed by atoms with Gasteiger partial charge in [0.15, 0.2) is 12.4 Å². The predicted octanol–water partition coefficient (Wildman–Crippen LogP) is 2.62. The van der Waals surface area contributed by atoms with E-state index in [1.165, 1.54) is 25.3 Å². The van der Waals surface area contributed by atoms with Crippen molar-refractivity contribution in [3.63, 3.8) is 0 Å². The summed E-state index contributed by atoms with van der Waals surface area (Å²) in [7, 11) is 1.34. The highest BCUT2D eigenvalue weighted by atomic mass is 16.6. The van der Waals surface area contributed by atoms with Crippen LogP contribution in [0.4, 0.5) is 11.4 Å². The molecular weight excluding hydrogens is 288 g/mol. The van der Waals surface area contributed by atoms with Gasteiger partial charge in [-0.3, -0.25) is 14.9 Å². The SMILES string of the molecule is COc1ccc(NC(=O)COc2ccccc2)cc1[N+](=O)[O-]. The van der Waals surface area contributed by atoms with E-state index in [9.17, 15) is 14.9 Å². The normalized spacial score (nSPS) is 9.86. The van der Waals surface area contributed by atoms with Crippen LogP contribution < -0.4 is 14.8 Å². The molecule has 0 aliphatic heterocycles. The molecule has 114 valence electrons. The summed E-state index contributed by atoms with van der Waals surface area (Å²) in [6, 6.07) is 13.1. The molecule has 7 nitrogen and oxygen atoms in total. The van der Waals surface area contributed by atoms with Gasteiger partial charge in [0, 0.05) is 11.8 Å². The second kappa shape index (κ2) is 7.07. The summed E-state index contributed by atoms with van der Waals surface area (Å²) in [5.41, 5.74) is 0.0819. The lowest BCUT2D eigenvalue weighted by Crippen LogP contribution is -2.20. The van der Waals surface area contributed by atoms with E-state index in [-0.39, 0.29) is 18.0 Å². The summed E-state index contributed by atoms with van der Waals surface area (Å²) in [6.07, 6.45) is 0. The average Bonchev–Trinajstić information content (AvgIpc) is 2.54. The van der Waals surface area contributed by atoms with Crippen LogP contribution in [0.1, 0.15) is 0 Å². The van der Waals surface area contributed by atoms with E-state index in [1.807, 2.05) is 6.07 Å². The van der Waals surface area contributed by atoms with Crippen molar-refractivity contribution in [3.8, 4) is 11.5 Å². The van der Waals surface area contributed by atoms with Gasteiger partial charge in [-0.15, -0.1) is 0 Å². The van der Waals surface area contributed by atoms with E-state index in [0.717, 1.165) is 0 Å². The Morgan fingerprint density at radius 2 is 1.95 bits per heavy atom. The van der Waals surface area contributed by atoms with Crippen molar-refractivity contribution >= 4 is 17.3 Å². The number of nitrogens with one attached hydrogen (secondary N) is 1. The fourth-order valence-electron chi connectivity index (χ4n) is 1.77. The Morgan fingerprint density at radius 3 is 2.59 bits per heavy atom. The van der Waals surface area contributed by atoms with Crippen molar-refractivity contribution in [2.24, 2.45) is 0 Å². The Balaban J connectivity index is 1.99. The summed E-state index contributed by atoms with van der Waals surface area (Å²) in [5.74, 6) is 0.283. The van der Waals surface area contributed by atoms with Crippen LogP contribution in [0.15, 0.2) is 48.5 Å². The van der Waals surface area contributed by atoms with Crippen LogP contribution in [0, 0.1) is 10.1 Å². The molecule has 1 amide bonds. The minimum Gasteiger partial charge on any atom is -0.490 e. The van der Waals surface area contributed by atoms with Crippen LogP contribution in [0.3, 0.4) is 0 Å². The molecule has 0 saturated carbocycles. The lowest BCUT2D eigenvalue weighted by Gasteiger charge is -2.08. The molecule has 0 heterocycles. The molecule has 0 aromatic heterocycles. The molecule has 0 aliphatic rings. The van der Waals surface area contributed by atoms with E-state index >= 15 is 0 Å². The first-order valence-corrected chi connectivity index (χ1v) is 6.40. The van der Waals surface area contributed by atoms with Gasteiger partial charge in [0.25, 0.3) is 5.91 Å². The number of hydrogen-bond donors (Lipinski definition) is 1. The second-order valence-electron chi connectivity index (χ2n) is 4.29. The maximum atomic E-state index is 11.8. The van der Waals surface area contributed by atoms with Gasteiger partial charge in [-0.05, 0) is 24.3 Å². The smallest absolute Gasteiger partial charge is 0.312 e. The number of hydrogen-bond acceptors (Lipinski definition) is 5. The van der Waals surface area contributed by atoms with Crippen molar-refractivity contribution in [1.29, 1.82) is 0 Å². The molecular formula is C15H14N2O5. The molecule has 2 rings (SSSR count). The lowest BCUT2D eigenvalue weighted by atomic mass is 10.2. The van der Waals surface area contributed by atoms with Crippen LogP contribution in [-0.2, 0) is 4.79 Å². The number of para-hydroxylation sites is 1. The number of anilines is 1. The maximum Gasteiger partial charge on any atom is 0.312 e. The number of nitrogens with zero attached hydrogens (tertiary/aromatic N) is 1. The topological polar surface area (TPSA) is 90.7 Å². The maximum absolute atomic E-state index is 11.8. The first-order chi connectivity index (χ1) is 10.6. The Labute approximate surface area is 126 Å². The summed E-state index contributed by atoms with van der Waals surface area (Å²) in [5, 5.41) is 13.5. The molecule has 0 saturated heterocycles. The highest BCUT2D eigenvalue weighted by Crippen LogP contribution is 2.29. The van der Waals surface area contributed by atoms with Crippen LogP contribution in [-0.4, -0.2) is 24.5 Å². The summed E-state index contributed by atoms with van der Waals surface area (Å²) >= 11 is 0. The van der Waals surface area contributed by atoms with Gasteiger partial charge in [0.2, 0.25) is 0 Å². The predicted molar refractivity (Wildman–Crippen MR) is 80.2 cm³/mol. The molecule has 0 fully saturated rings. The minimum atomic E-state index is -0.574. The van der Waals surface area contributed by atoms with E-state index < -0.39 is 10.8 Å². The molecule has 0 spiro atoms. The second-order valence-corrected chi connectivity index (χ2v) is 4.29. The van der Waals surface area contributed by atoms with E-state index in [0.29, 0.717) is 11.4 Å². The zero-order valence-corrected chi connectivity index (χ0v) is 11.8. The van der Waals surface area contributed by atoms with Gasteiger partial charge in [-0.2, -0.15) is 0 Å². The summed E-state index contributed by atoms with van der Waals surface area (Å²) < 4.78 is 10.2. The fourth-order valence-corrected chi connectivity index (χ4v) is 1.77. The number of carbonyl (C=O) groups excluding carboxylic acids is 1. The molecule has 0 radical (unpaired) electrons. The standard InChI is InChI=1S/C15H14N2O5/c1-21-14-8-7-11(9-13(14)17(19)20)16-15(18)10-22-12-5-3-2-4-6-12/h2-9H,10H2,1H3,(H,16,18). The summed E-state index contributed by atoms with van der Waals surface area (Å²) in [4.78, 5) is 22.1. The van der Waals surface area contributed by atoms with E-state index in [4.69, 9.17) is 9.47 Å². The van der Waals surface area contributed by atoms with Crippen LogP contribution in [0.2, 0.25) is 0 Å². The fraction of sp³-hybridized carbons (Fsp3) is 0.133. The first kappa shape index (κ1) is 15.3. The molecule has 0 bridgehead atoms. The number of amides is 1. The van der Waals surface area contributed by atoms with Crippen molar-refractivity contribution < 1.29 is 19.2 Å². The van der Waals surface area contributed by atoms with Gasteiger partial charge in [-0.25, -0.2) is 0 Å². The monoisotopic (exact) mass is 302 g/mol. The van der Waals surface area contributed by atoms with Gasteiger partial charge < -0.3 is 14.8 Å². The number of ether oxygens (including phenoxy) is 2. The Kier molecular flexibility index (Phi) is 4.92. The number of nitro benzene ring substituents is 1. The number of carbonyl (C=O) groups is 1. The Morgan fingerprint density at radius 1 is 1.23 bits per heavy atom. The van der Waals surface area contributed by atoms with Crippen molar-refractivity contribution in [2.75, 3.05) is 19.0 Å². The number of methoxy groups -OCH3 is 1. The highest BCUT2D eigenvalue weighted by Gasteiger charge is 2.16. The van der Waals surface area contributed by atoms with Gasteiger partial charge in [0.1, 0.15) is 5.75 Å². The number of nitro groups is 1. The van der Waals surface area contributed by atoms with Gasteiger partial charge in [-0.1, -0.05) is 18.2 Å². The first-order valence-electron chi connectivity index (χ1n) is 6.40. The van der Waals surface area contributed by atoms with Gasteiger partial charge in [0.05, 0.1) is 12.0 Å². The third kappa shape index (κ3) is 3.95. The number of rotatable bonds is 6. The summed E-state index contributed by atoms with van der Waals surface area (Å²) in [6.45, 7) is -0.191. The van der Waals surface area contributed by atoms with Crippen molar-refractivity contribution in [3.05, 3.63) is 58.6 Å². The molecule has 0 atom stereocenters. The quantitative estimate of drug-likeness (QED) is 0.654. The highest BCUT2D eigenvalue weighted by molar-refractivity contribution is 5.92. The van der Waals surface area contributed by atoms with E-state index in [2.05, 4.69) is 5.32 Å². The molecule has 7 heteroatoms. The van der Waals surface area contributed by atoms with Crippen molar-refractivity contribution in [2.45, 2.75) is 0 Å². The zero-order chi connectivity index (χ0) is 15.9. The molecule has 0 unspecified atom stereocenters. The Hall–Kier alpha value is -3.09.